The van der Waals surface area contributed by atoms with Crippen LogP contribution in [-0.2, 0) is 4.79 Å². The molecule has 0 aromatic carbocycles. The Kier molecular flexibility index (Phi) is 3.70. The Balaban J connectivity index is 2.77. The maximum atomic E-state index is 12.0. The molecule has 1 saturated heterocycles. The second kappa shape index (κ2) is 4.63. The Morgan fingerprint density at radius 1 is 1.60 bits per heavy atom. The van der Waals surface area contributed by atoms with Crippen molar-refractivity contribution in [1.82, 2.24) is 4.90 Å². The van der Waals surface area contributed by atoms with Gasteiger partial charge < -0.3 is 10.0 Å². The highest BCUT2D eigenvalue weighted by Gasteiger charge is 2.36. The molecule has 0 bridgehead atoms. The van der Waals surface area contributed by atoms with Crippen molar-refractivity contribution in [2.45, 2.75) is 39.2 Å². The smallest absolute Gasteiger partial charge is 0.242 e. The number of aliphatic hydroxyl groups excluding tert-OH is 1. The highest BCUT2D eigenvalue weighted by Crippen LogP contribution is 2.24. The second-order valence-electron chi connectivity index (χ2n) is 4.57. The van der Waals surface area contributed by atoms with E-state index >= 15 is 0 Å². The van der Waals surface area contributed by atoms with Crippen LogP contribution in [-0.4, -0.2) is 35.1 Å². The molecule has 1 unspecified atom stereocenters. The van der Waals surface area contributed by atoms with E-state index in [0.717, 1.165) is 19.3 Å². The SMILES string of the molecule is CC(C)(C#N)C(=O)N1CCCCC1CO. The summed E-state index contributed by atoms with van der Waals surface area (Å²) in [5, 5.41) is 18.1. The number of hydrogen-bond donors (Lipinski definition) is 1. The van der Waals surface area contributed by atoms with Crippen LogP contribution in [0.4, 0.5) is 0 Å². The van der Waals surface area contributed by atoms with Crippen LogP contribution in [0.25, 0.3) is 0 Å². The van der Waals surface area contributed by atoms with Gasteiger partial charge in [0.2, 0.25) is 5.91 Å². The molecule has 0 aromatic rings. The second-order valence-corrected chi connectivity index (χ2v) is 4.57. The molecule has 4 nitrogen and oxygen atoms in total. The minimum Gasteiger partial charge on any atom is -0.394 e. The highest BCUT2D eigenvalue weighted by atomic mass is 16.3. The summed E-state index contributed by atoms with van der Waals surface area (Å²) in [6, 6.07) is 1.91. The normalized spacial score (nSPS) is 22.3. The van der Waals surface area contributed by atoms with Gasteiger partial charge in [-0.2, -0.15) is 5.26 Å². The topological polar surface area (TPSA) is 64.3 Å². The first-order chi connectivity index (χ1) is 7.03. The molecule has 1 heterocycles. The number of rotatable bonds is 2. The summed E-state index contributed by atoms with van der Waals surface area (Å²) in [6.07, 6.45) is 2.84. The van der Waals surface area contributed by atoms with Gasteiger partial charge >= 0.3 is 0 Å². The molecule has 1 amide bonds. The van der Waals surface area contributed by atoms with E-state index in [1.54, 1.807) is 18.7 Å². The Morgan fingerprint density at radius 3 is 2.80 bits per heavy atom. The zero-order valence-electron chi connectivity index (χ0n) is 9.36. The van der Waals surface area contributed by atoms with Gasteiger partial charge in [0.15, 0.2) is 0 Å². The fourth-order valence-electron chi connectivity index (χ4n) is 1.86. The van der Waals surface area contributed by atoms with Gasteiger partial charge in [0.25, 0.3) is 0 Å². The molecule has 1 rings (SSSR count). The van der Waals surface area contributed by atoms with E-state index in [1.165, 1.54) is 0 Å². The molecule has 4 heteroatoms. The zero-order valence-corrected chi connectivity index (χ0v) is 9.36. The molecule has 0 saturated carbocycles. The average molecular weight is 210 g/mol. The van der Waals surface area contributed by atoms with Crippen molar-refractivity contribution in [3.8, 4) is 6.07 Å². The quantitative estimate of drug-likeness (QED) is 0.736. The van der Waals surface area contributed by atoms with Gasteiger partial charge in [-0.3, -0.25) is 4.79 Å². The monoisotopic (exact) mass is 210 g/mol. The summed E-state index contributed by atoms with van der Waals surface area (Å²) in [6.45, 7) is 3.90. The fraction of sp³-hybridized carbons (Fsp3) is 0.818. The number of piperidine rings is 1. The van der Waals surface area contributed by atoms with E-state index in [0.29, 0.717) is 6.54 Å². The minimum absolute atomic E-state index is 0.00670. The Bertz CT molecular complexity index is 281. The summed E-state index contributed by atoms with van der Waals surface area (Å²) < 4.78 is 0. The number of nitrogens with zero attached hydrogens (tertiary/aromatic N) is 2. The van der Waals surface area contributed by atoms with Gasteiger partial charge in [0.1, 0.15) is 5.41 Å². The molecular formula is C11H18N2O2. The van der Waals surface area contributed by atoms with Crippen LogP contribution in [0.1, 0.15) is 33.1 Å². The van der Waals surface area contributed by atoms with Gasteiger partial charge in [-0.1, -0.05) is 0 Å². The lowest BCUT2D eigenvalue weighted by Crippen LogP contribution is -2.50. The van der Waals surface area contributed by atoms with Gasteiger partial charge in [-0.25, -0.2) is 0 Å². The van der Waals surface area contributed by atoms with Crippen molar-refractivity contribution in [3.63, 3.8) is 0 Å². The zero-order chi connectivity index (χ0) is 11.5. The van der Waals surface area contributed by atoms with E-state index in [9.17, 15) is 9.90 Å². The van der Waals surface area contributed by atoms with Crippen LogP contribution < -0.4 is 0 Å². The summed E-state index contributed by atoms with van der Waals surface area (Å²) in [7, 11) is 0. The summed E-state index contributed by atoms with van der Waals surface area (Å²) >= 11 is 0. The molecule has 1 aliphatic heterocycles. The highest BCUT2D eigenvalue weighted by molar-refractivity contribution is 5.85. The largest absolute Gasteiger partial charge is 0.394 e. The van der Waals surface area contributed by atoms with Crippen LogP contribution in [0.2, 0.25) is 0 Å². The number of likely N-dealkylation sites (tertiary alicyclic amines) is 1. The first-order valence-electron chi connectivity index (χ1n) is 5.36. The lowest BCUT2D eigenvalue weighted by atomic mass is 9.91. The van der Waals surface area contributed by atoms with Crippen molar-refractivity contribution in [2.75, 3.05) is 13.2 Å². The Morgan fingerprint density at radius 2 is 2.27 bits per heavy atom. The van der Waals surface area contributed by atoms with Crippen molar-refractivity contribution in [1.29, 1.82) is 5.26 Å². The molecule has 0 aromatic heterocycles. The van der Waals surface area contributed by atoms with E-state index in [4.69, 9.17) is 5.26 Å². The first-order valence-corrected chi connectivity index (χ1v) is 5.36. The van der Waals surface area contributed by atoms with Crippen molar-refractivity contribution < 1.29 is 9.90 Å². The predicted octanol–water partition coefficient (Wildman–Crippen LogP) is 0.910. The third-order valence-corrected chi connectivity index (χ3v) is 2.91. The fourth-order valence-corrected chi connectivity index (χ4v) is 1.86. The van der Waals surface area contributed by atoms with Crippen molar-refractivity contribution in [3.05, 3.63) is 0 Å². The van der Waals surface area contributed by atoms with Gasteiger partial charge in [-0.15, -0.1) is 0 Å². The lowest BCUT2D eigenvalue weighted by Gasteiger charge is -2.37. The molecule has 0 aliphatic carbocycles. The maximum Gasteiger partial charge on any atom is 0.242 e. The summed E-state index contributed by atoms with van der Waals surface area (Å²) in [4.78, 5) is 13.7. The van der Waals surface area contributed by atoms with Gasteiger partial charge in [0, 0.05) is 6.54 Å². The third-order valence-electron chi connectivity index (χ3n) is 2.91. The number of aliphatic hydroxyl groups is 1. The summed E-state index contributed by atoms with van der Waals surface area (Å²) in [5.41, 5.74) is -0.981. The number of carbonyl (C=O) groups excluding carboxylic acids is 1. The molecular weight excluding hydrogens is 192 g/mol. The summed E-state index contributed by atoms with van der Waals surface area (Å²) in [5.74, 6) is -0.163. The van der Waals surface area contributed by atoms with Gasteiger partial charge in [-0.05, 0) is 33.1 Å². The van der Waals surface area contributed by atoms with Crippen LogP contribution in [0.5, 0.6) is 0 Å². The van der Waals surface area contributed by atoms with E-state index in [-0.39, 0.29) is 18.6 Å². The average Bonchev–Trinajstić information content (AvgIpc) is 2.28. The van der Waals surface area contributed by atoms with Gasteiger partial charge in [0.05, 0.1) is 18.7 Å². The standard InChI is InChI=1S/C11H18N2O2/c1-11(2,8-12)10(15)13-6-4-3-5-9(13)7-14/h9,14H,3-7H2,1-2H3. The first kappa shape index (κ1) is 12.0. The third kappa shape index (κ3) is 2.48. The predicted molar refractivity (Wildman–Crippen MR) is 55.8 cm³/mol. The lowest BCUT2D eigenvalue weighted by molar-refractivity contribution is -0.142. The Hall–Kier alpha value is -1.08. The number of nitriles is 1. The maximum absolute atomic E-state index is 12.0. The number of amides is 1. The van der Waals surface area contributed by atoms with E-state index < -0.39 is 5.41 Å². The number of hydrogen-bond acceptors (Lipinski definition) is 3. The van der Waals surface area contributed by atoms with Crippen molar-refractivity contribution >= 4 is 5.91 Å². The van der Waals surface area contributed by atoms with Crippen LogP contribution in [0, 0.1) is 16.7 Å². The van der Waals surface area contributed by atoms with E-state index in [2.05, 4.69) is 0 Å². The molecule has 1 aliphatic rings. The van der Waals surface area contributed by atoms with Crippen LogP contribution in [0.3, 0.4) is 0 Å². The molecule has 1 N–H and O–H groups in total. The molecule has 84 valence electrons. The van der Waals surface area contributed by atoms with Crippen LogP contribution >= 0.6 is 0 Å². The molecule has 0 spiro atoms. The molecule has 0 radical (unpaired) electrons. The minimum atomic E-state index is -0.981. The van der Waals surface area contributed by atoms with E-state index in [1.807, 2.05) is 6.07 Å². The molecule has 1 atom stereocenters. The van der Waals surface area contributed by atoms with Crippen molar-refractivity contribution in [2.24, 2.45) is 5.41 Å². The molecule has 15 heavy (non-hydrogen) atoms. The van der Waals surface area contributed by atoms with Crippen LogP contribution in [0.15, 0.2) is 0 Å². The number of carbonyl (C=O) groups is 1. The molecule has 1 fully saturated rings. The Labute approximate surface area is 90.5 Å².